The van der Waals surface area contributed by atoms with Gasteiger partial charge in [-0.3, -0.25) is 4.90 Å². The molecule has 1 aromatic carbocycles. The number of nitrogens with zero attached hydrogens (tertiary/aromatic N) is 1. The number of morpholine rings is 1. The van der Waals surface area contributed by atoms with Gasteiger partial charge in [0.1, 0.15) is 10.7 Å². The zero-order chi connectivity index (χ0) is 15.3. The molecule has 0 unspecified atom stereocenters. The van der Waals surface area contributed by atoms with Crippen molar-refractivity contribution in [1.82, 2.24) is 4.90 Å². The zero-order valence-electron chi connectivity index (χ0n) is 12.8. The van der Waals surface area contributed by atoms with Gasteiger partial charge in [0, 0.05) is 25.2 Å². The standard InChI is InChI=1S/C16H24N2O2S/c1-16(2)12-18(9-11-20-16)8-3-10-19-14-6-4-13(5-7-14)15(17)21/h4-7H,3,8-12H2,1-2H3,(H2,17,21). The third-order valence-corrected chi connectivity index (χ3v) is 3.77. The monoisotopic (exact) mass is 308 g/mol. The lowest BCUT2D eigenvalue weighted by atomic mass is 10.1. The highest BCUT2D eigenvalue weighted by molar-refractivity contribution is 7.80. The number of rotatable bonds is 6. The predicted octanol–water partition coefficient (Wildman–Crippen LogP) is 2.20. The second-order valence-electron chi connectivity index (χ2n) is 5.97. The van der Waals surface area contributed by atoms with Crippen LogP contribution in [0.2, 0.25) is 0 Å². The molecule has 1 aliphatic rings. The van der Waals surface area contributed by atoms with Crippen LogP contribution in [0.25, 0.3) is 0 Å². The third-order valence-electron chi connectivity index (χ3n) is 3.53. The van der Waals surface area contributed by atoms with Crippen LogP contribution in [0.3, 0.4) is 0 Å². The normalized spacial score (nSPS) is 18.4. The van der Waals surface area contributed by atoms with Crippen molar-refractivity contribution in [2.75, 3.05) is 32.8 Å². The van der Waals surface area contributed by atoms with Crippen LogP contribution in [0.15, 0.2) is 24.3 Å². The number of hydrogen-bond acceptors (Lipinski definition) is 4. The van der Waals surface area contributed by atoms with E-state index in [4.69, 9.17) is 27.4 Å². The Morgan fingerprint density at radius 1 is 1.38 bits per heavy atom. The lowest BCUT2D eigenvalue weighted by Crippen LogP contribution is -2.48. The fourth-order valence-corrected chi connectivity index (χ4v) is 2.63. The van der Waals surface area contributed by atoms with Crippen molar-refractivity contribution >= 4 is 17.2 Å². The molecule has 1 aromatic rings. The van der Waals surface area contributed by atoms with E-state index in [1.807, 2.05) is 24.3 Å². The van der Waals surface area contributed by atoms with Gasteiger partial charge in [-0.1, -0.05) is 12.2 Å². The molecular weight excluding hydrogens is 284 g/mol. The smallest absolute Gasteiger partial charge is 0.119 e. The minimum absolute atomic E-state index is 0.0322. The molecule has 0 aromatic heterocycles. The van der Waals surface area contributed by atoms with E-state index in [2.05, 4.69) is 18.7 Å². The highest BCUT2D eigenvalue weighted by atomic mass is 32.1. The average molecular weight is 308 g/mol. The molecule has 0 bridgehead atoms. The molecule has 1 heterocycles. The van der Waals surface area contributed by atoms with E-state index < -0.39 is 0 Å². The quantitative estimate of drug-likeness (QED) is 0.645. The Morgan fingerprint density at radius 3 is 2.71 bits per heavy atom. The maximum Gasteiger partial charge on any atom is 0.119 e. The number of nitrogens with two attached hydrogens (primary N) is 1. The average Bonchev–Trinajstić information content (AvgIpc) is 2.43. The van der Waals surface area contributed by atoms with Crippen molar-refractivity contribution < 1.29 is 9.47 Å². The predicted molar refractivity (Wildman–Crippen MR) is 88.9 cm³/mol. The van der Waals surface area contributed by atoms with Crippen LogP contribution in [0, 0.1) is 0 Å². The Balaban J connectivity index is 1.68. The second-order valence-corrected chi connectivity index (χ2v) is 6.41. The molecule has 2 N–H and O–H groups in total. The first kappa shape index (κ1) is 16.2. The molecule has 0 saturated carbocycles. The number of thiocarbonyl (C=S) groups is 1. The maximum atomic E-state index is 5.74. The first-order valence-electron chi connectivity index (χ1n) is 7.35. The van der Waals surface area contributed by atoms with Gasteiger partial charge < -0.3 is 15.2 Å². The van der Waals surface area contributed by atoms with Gasteiger partial charge in [0.15, 0.2) is 0 Å². The van der Waals surface area contributed by atoms with E-state index in [0.29, 0.717) is 11.6 Å². The van der Waals surface area contributed by atoms with E-state index in [0.717, 1.165) is 44.0 Å². The van der Waals surface area contributed by atoms with Crippen molar-refractivity contribution in [1.29, 1.82) is 0 Å². The summed E-state index contributed by atoms with van der Waals surface area (Å²) >= 11 is 4.92. The Hall–Kier alpha value is -1.17. The molecule has 5 heteroatoms. The maximum absolute atomic E-state index is 5.74. The summed E-state index contributed by atoms with van der Waals surface area (Å²) in [6, 6.07) is 7.60. The first-order chi connectivity index (χ1) is 9.96. The molecule has 1 saturated heterocycles. The number of ether oxygens (including phenoxy) is 2. The van der Waals surface area contributed by atoms with Crippen LogP contribution in [-0.4, -0.2) is 48.3 Å². The van der Waals surface area contributed by atoms with Gasteiger partial charge in [-0.2, -0.15) is 0 Å². The van der Waals surface area contributed by atoms with Crippen molar-refractivity contribution in [2.24, 2.45) is 5.73 Å². The van der Waals surface area contributed by atoms with Gasteiger partial charge in [-0.15, -0.1) is 0 Å². The summed E-state index contributed by atoms with van der Waals surface area (Å²) in [6.45, 7) is 8.83. The molecule has 0 radical (unpaired) electrons. The molecule has 0 aliphatic carbocycles. The molecule has 0 spiro atoms. The topological polar surface area (TPSA) is 47.7 Å². The minimum Gasteiger partial charge on any atom is -0.494 e. The van der Waals surface area contributed by atoms with Crippen molar-refractivity contribution in [3.63, 3.8) is 0 Å². The largest absolute Gasteiger partial charge is 0.494 e. The molecule has 1 fully saturated rings. The van der Waals surface area contributed by atoms with Crippen LogP contribution in [0.5, 0.6) is 5.75 Å². The van der Waals surface area contributed by atoms with Crippen LogP contribution >= 0.6 is 12.2 Å². The van der Waals surface area contributed by atoms with Crippen molar-refractivity contribution in [3.8, 4) is 5.75 Å². The van der Waals surface area contributed by atoms with Crippen LogP contribution in [-0.2, 0) is 4.74 Å². The zero-order valence-corrected chi connectivity index (χ0v) is 13.6. The van der Waals surface area contributed by atoms with E-state index in [9.17, 15) is 0 Å². The molecule has 0 atom stereocenters. The van der Waals surface area contributed by atoms with Gasteiger partial charge in [-0.25, -0.2) is 0 Å². The highest BCUT2D eigenvalue weighted by Gasteiger charge is 2.26. The van der Waals surface area contributed by atoms with E-state index in [1.54, 1.807) is 0 Å². The summed E-state index contributed by atoms with van der Waals surface area (Å²) in [5.74, 6) is 0.859. The summed E-state index contributed by atoms with van der Waals surface area (Å²) in [5.41, 5.74) is 6.40. The Labute approximate surface area is 132 Å². The van der Waals surface area contributed by atoms with Crippen molar-refractivity contribution in [2.45, 2.75) is 25.9 Å². The lowest BCUT2D eigenvalue weighted by molar-refractivity contribution is -0.0864. The Kier molecular flexibility index (Phi) is 5.56. The fraction of sp³-hybridized carbons (Fsp3) is 0.562. The van der Waals surface area contributed by atoms with Crippen LogP contribution in [0.1, 0.15) is 25.8 Å². The van der Waals surface area contributed by atoms with E-state index >= 15 is 0 Å². The van der Waals surface area contributed by atoms with Gasteiger partial charge in [0.2, 0.25) is 0 Å². The summed E-state index contributed by atoms with van der Waals surface area (Å²) < 4.78 is 11.4. The molecular formula is C16H24N2O2S. The van der Waals surface area contributed by atoms with Gasteiger partial charge in [-0.05, 0) is 44.5 Å². The summed E-state index contributed by atoms with van der Waals surface area (Å²) in [7, 11) is 0. The molecule has 116 valence electrons. The summed E-state index contributed by atoms with van der Waals surface area (Å²) in [4.78, 5) is 2.85. The van der Waals surface area contributed by atoms with Gasteiger partial charge in [0.05, 0.1) is 18.8 Å². The van der Waals surface area contributed by atoms with Crippen LogP contribution < -0.4 is 10.5 Å². The van der Waals surface area contributed by atoms with Crippen LogP contribution in [0.4, 0.5) is 0 Å². The Bertz CT molecular complexity index is 474. The molecule has 2 rings (SSSR count). The number of hydrogen-bond donors (Lipinski definition) is 1. The lowest BCUT2D eigenvalue weighted by Gasteiger charge is -2.38. The SMILES string of the molecule is CC1(C)CN(CCCOc2ccc(C(N)=S)cc2)CCO1. The Morgan fingerprint density at radius 2 is 2.10 bits per heavy atom. The van der Waals surface area contributed by atoms with E-state index in [-0.39, 0.29) is 5.60 Å². The second kappa shape index (κ2) is 7.20. The first-order valence-corrected chi connectivity index (χ1v) is 7.76. The summed E-state index contributed by atoms with van der Waals surface area (Å²) in [6.07, 6.45) is 1.01. The highest BCUT2D eigenvalue weighted by Crippen LogP contribution is 2.17. The van der Waals surface area contributed by atoms with Gasteiger partial charge in [0.25, 0.3) is 0 Å². The minimum atomic E-state index is -0.0322. The molecule has 4 nitrogen and oxygen atoms in total. The summed E-state index contributed by atoms with van der Waals surface area (Å²) in [5, 5.41) is 0. The fourth-order valence-electron chi connectivity index (χ4n) is 2.50. The molecule has 21 heavy (non-hydrogen) atoms. The number of benzene rings is 1. The molecule has 1 aliphatic heterocycles. The molecule has 0 amide bonds. The third kappa shape index (κ3) is 5.26. The van der Waals surface area contributed by atoms with Crippen molar-refractivity contribution in [3.05, 3.63) is 29.8 Å². The van der Waals surface area contributed by atoms with Gasteiger partial charge >= 0.3 is 0 Å². The van der Waals surface area contributed by atoms with E-state index in [1.165, 1.54) is 0 Å².